The van der Waals surface area contributed by atoms with Crippen LogP contribution in [0.3, 0.4) is 0 Å². The van der Waals surface area contributed by atoms with Gasteiger partial charge in [0.2, 0.25) is 0 Å². The summed E-state index contributed by atoms with van der Waals surface area (Å²) in [4.78, 5) is 41.9. The van der Waals surface area contributed by atoms with Gasteiger partial charge in [0, 0.05) is 12.6 Å². The van der Waals surface area contributed by atoms with E-state index in [1.54, 1.807) is 45.0 Å². The van der Waals surface area contributed by atoms with Gasteiger partial charge in [-0.3, -0.25) is 19.3 Å². The van der Waals surface area contributed by atoms with Crippen molar-refractivity contribution in [2.24, 2.45) is 5.73 Å². The number of carbonyl (C=O) groups is 3. The summed E-state index contributed by atoms with van der Waals surface area (Å²) >= 11 is 0. The third kappa shape index (κ3) is 4.30. The van der Waals surface area contributed by atoms with Gasteiger partial charge in [0.15, 0.2) is 0 Å². The molecule has 0 fully saturated rings. The maximum absolute atomic E-state index is 12.2. The lowest BCUT2D eigenvalue weighted by atomic mass is 10.1. The number of amides is 3. The van der Waals surface area contributed by atoms with Crippen molar-refractivity contribution in [2.75, 3.05) is 13.2 Å². The van der Waals surface area contributed by atoms with E-state index < -0.39 is 17.7 Å². The largest absolute Gasteiger partial charge is 0.442 e. The Bertz CT molecular complexity index is 618. The number of nitrogens with zero attached hydrogens (tertiary/aromatic N) is 1. The Balaban J connectivity index is 1.82. The molecular weight excluding hydrogens is 314 g/mol. The number of nitrogens with two attached hydrogens (primary N) is 1. The molecular formula is C16H21N3O5. The zero-order chi connectivity index (χ0) is 17.9. The summed E-state index contributed by atoms with van der Waals surface area (Å²) in [6.45, 7) is 5.08. The first-order valence-corrected chi connectivity index (χ1v) is 7.50. The molecule has 3 N–H and O–H groups in total. The smallest absolute Gasteiger partial charge is 0.431 e. The van der Waals surface area contributed by atoms with E-state index in [4.69, 9.17) is 15.3 Å². The Kier molecular flexibility index (Phi) is 5.20. The summed E-state index contributed by atoms with van der Waals surface area (Å²) in [6, 6.07) is 5.94. The fraction of sp³-hybridized carbons (Fsp3) is 0.438. The first kappa shape index (κ1) is 17.9. The van der Waals surface area contributed by atoms with E-state index >= 15 is 0 Å². The number of ether oxygens (including phenoxy) is 1. The fourth-order valence-electron chi connectivity index (χ4n) is 2.20. The van der Waals surface area contributed by atoms with Crippen molar-refractivity contribution in [2.45, 2.75) is 32.4 Å². The number of carbonyl (C=O) groups excluding carboxylic acids is 3. The normalized spacial score (nSPS) is 15.2. The Labute approximate surface area is 139 Å². The van der Waals surface area contributed by atoms with E-state index in [0.29, 0.717) is 11.1 Å². The van der Waals surface area contributed by atoms with Crippen LogP contribution in [0.15, 0.2) is 24.3 Å². The number of rotatable bonds is 5. The maximum Gasteiger partial charge on any atom is 0.431 e. The van der Waals surface area contributed by atoms with Crippen molar-refractivity contribution < 1.29 is 24.0 Å². The summed E-state index contributed by atoms with van der Waals surface area (Å²) in [7, 11) is 0. The molecule has 2 rings (SSSR count). The number of hydroxylamine groups is 1. The van der Waals surface area contributed by atoms with Gasteiger partial charge in [-0.1, -0.05) is 12.1 Å². The second kappa shape index (κ2) is 6.98. The van der Waals surface area contributed by atoms with Crippen LogP contribution < -0.4 is 11.2 Å². The summed E-state index contributed by atoms with van der Waals surface area (Å²) in [5, 5.41) is 0. The van der Waals surface area contributed by atoms with Crippen LogP contribution in [-0.4, -0.2) is 47.6 Å². The van der Waals surface area contributed by atoms with Gasteiger partial charge in [0.1, 0.15) is 5.60 Å². The summed E-state index contributed by atoms with van der Waals surface area (Å²) in [6.07, 6.45) is -0.740. The van der Waals surface area contributed by atoms with Crippen LogP contribution in [0.25, 0.3) is 0 Å². The zero-order valence-corrected chi connectivity index (χ0v) is 13.9. The minimum Gasteiger partial charge on any atom is -0.442 e. The third-order valence-corrected chi connectivity index (χ3v) is 3.15. The molecule has 0 radical (unpaired) electrons. The van der Waals surface area contributed by atoms with Crippen molar-refractivity contribution in [1.82, 2.24) is 10.4 Å². The Hall–Kier alpha value is -2.45. The van der Waals surface area contributed by atoms with Crippen LogP contribution in [0, 0.1) is 0 Å². The predicted molar refractivity (Wildman–Crippen MR) is 85.1 cm³/mol. The molecule has 1 heterocycles. The molecule has 0 aliphatic carbocycles. The number of fused-ring (bicyclic) bond motifs is 1. The van der Waals surface area contributed by atoms with Crippen LogP contribution in [0.2, 0.25) is 0 Å². The summed E-state index contributed by atoms with van der Waals surface area (Å²) in [5.74, 6) is -0.766. The number of nitrogens with one attached hydrogen (secondary N) is 1. The quantitative estimate of drug-likeness (QED) is 0.615. The van der Waals surface area contributed by atoms with Gasteiger partial charge in [-0.15, -0.1) is 0 Å². The van der Waals surface area contributed by atoms with Crippen molar-refractivity contribution in [3.63, 3.8) is 0 Å². The average molecular weight is 335 g/mol. The molecule has 0 spiro atoms. The molecule has 0 saturated heterocycles. The van der Waals surface area contributed by atoms with Gasteiger partial charge in [0.05, 0.1) is 17.7 Å². The molecule has 1 aromatic carbocycles. The molecule has 8 nitrogen and oxygen atoms in total. The summed E-state index contributed by atoms with van der Waals surface area (Å²) < 4.78 is 4.99. The first-order valence-electron chi connectivity index (χ1n) is 7.50. The monoisotopic (exact) mass is 335 g/mol. The first-order chi connectivity index (χ1) is 11.2. The standard InChI is InChI=1S/C16H21N3O5/c1-16(2,3)24-15(22)18-23-9-10(17)8-19-13(20)11-6-4-5-7-12(11)14(19)21/h4-7,10H,8-9,17H2,1-3H3,(H,18,22)/t10-/m1/s1. The molecule has 130 valence electrons. The SMILES string of the molecule is CC(C)(C)OC(=O)NOC[C@H](N)CN1C(=O)c2ccccc2C1=O. The van der Waals surface area contributed by atoms with Crippen molar-refractivity contribution in [3.05, 3.63) is 35.4 Å². The van der Waals surface area contributed by atoms with Gasteiger partial charge in [-0.25, -0.2) is 4.79 Å². The van der Waals surface area contributed by atoms with Crippen LogP contribution in [-0.2, 0) is 9.57 Å². The van der Waals surface area contributed by atoms with E-state index in [2.05, 4.69) is 5.48 Å². The number of hydrogen-bond donors (Lipinski definition) is 2. The zero-order valence-electron chi connectivity index (χ0n) is 13.9. The van der Waals surface area contributed by atoms with Gasteiger partial charge < -0.3 is 10.5 Å². The second-order valence-corrected chi connectivity index (χ2v) is 6.44. The van der Waals surface area contributed by atoms with Gasteiger partial charge in [0.25, 0.3) is 11.8 Å². The minimum atomic E-state index is -0.740. The molecule has 0 saturated carbocycles. The number of imide groups is 1. The lowest BCUT2D eigenvalue weighted by Crippen LogP contribution is -2.44. The Morgan fingerprint density at radius 1 is 1.21 bits per heavy atom. The predicted octanol–water partition coefficient (Wildman–Crippen LogP) is 1.07. The highest BCUT2D eigenvalue weighted by Gasteiger charge is 2.35. The summed E-state index contributed by atoms with van der Waals surface area (Å²) in [5.41, 5.74) is 8.05. The second-order valence-electron chi connectivity index (χ2n) is 6.44. The van der Waals surface area contributed by atoms with Gasteiger partial charge in [-0.05, 0) is 32.9 Å². The molecule has 0 aromatic heterocycles. The van der Waals surface area contributed by atoms with Gasteiger partial charge >= 0.3 is 6.09 Å². The van der Waals surface area contributed by atoms with Gasteiger partial charge in [-0.2, -0.15) is 5.48 Å². The Morgan fingerprint density at radius 3 is 2.25 bits per heavy atom. The minimum absolute atomic E-state index is 0.0116. The van der Waals surface area contributed by atoms with Crippen LogP contribution >= 0.6 is 0 Å². The highest BCUT2D eigenvalue weighted by molar-refractivity contribution is 6.21. The van der Waals surface area contributed by atoms with E-state index in [9.17, 15) is 14.4 Å². The van der Waals surface area contributed by atoms with Crippen molar-refractivity contribution in [1.29, 1.82) is 0 Å². The van der Waals surface area contributed by atoms with E-state index in [0.717, 1.165) is 4.90 Å². The highest BCUT2D eigenvalue weighted by Crippen LogP contribution is 2.22. The number of hydrogen-bond acceptors (Lipinski definition) is 6. The average Bonchev–Trinajstić information content (AvgIpc) is 2.71. The van der Waals surface area contributed by atoms with E-state index in [-0.39, 0.29) is 25.0 Å². The van der Waals surface area contributed by atoms with Crippen LogP contribution in [0.5, 0.6) is 0 Å². The molecule has 8 heteroatoms. The Morgan fingerprint density at radius 2 is 1.75 bits per heavy atom. The lowest BCUT2D eigenvalue weighted by Gasteiger charge is -2.21. The molecule has 0 unspecified atom stereocenters. The van der Waals surface area contributed by atoms with Crippen LogP contribution in [0.4, 0.5) is 4.79 Å². The van der Waals surface area contributed by atoms with E-state index in [1.165, 1.54) is 0 Å². The molecule has 3 amide bonds. The van der Waals surface area contributed by atoms with Crippen molar-refractivity contribution in [3.8, 4) is 0 Å². The highest BCUT2D eigenvalue weighted by atomic mass is 16.7. The number of benzene rings is 1. The molecule has 0 bridgehead atoms. The molecule has 1 atom stereocenters. The molecule has 1 aliphatic heterocycles. The van der Waals surface area contributed by atoms with Crippen molar-refractivity contribution >= 4 is 17.9 Å². The molecule has 24 heavy (non-hydrogen) atoms. The van der Waals surface area contributed by atoms with Crippen LogP contribution in [0.1, 0.15) is 41.5 Å². The topological polar surface area (TPSA) is 111 Å². The third-order valence-electron chi connectivity index (χ3n) is 3.15. The molecule has 1 aliphatic rings. The lowest BCUT2D eigenvalue weighted by molar-refractivity contribution is -0.0126. The maximum atomic E-state index is 12.2. The fourth-order valence-corrected chi connectivity index (χ4v) is 2.20. The van der Waals surface area contributed by atoms with E-state index in [1.807, 2.05) is 0 Å². The molecule has 1 aromatic rings.